The van der Waals surface area contributed by atoms with Crippen LogP contribution in [0.25, 0.3) is 6.08 Å². The Hall–Kier alpha value is -1.58. The number of rotatable bonds is 3. The van der Waals surface area contributed by atoms with E-state index in [0.717, 1.165) is 5.56 Å². The minimum Gasteiger partial charge on any atom is -0.399 e. The van der Waals surface area contributed by atoms with Crippen LogP contribution in [0.4, 0.5) is 5.69 Å². The van der Waals surface area contributed by atoms with Gasteiger partial charge in [-0.3, -0.25) is 4.79 Å². The van der Waals surface area contributed by atoms with E-state index in [1.807, 2.05) is 12.1 Å². The van der Waals surface area contributed by atoms with Crippen LogP contribution in [-0.4, -0.2) is 5.78 Å². The highest BCUT2D eigenvalue weighted by molar-refractivity contribution is 7.18. The van der Waals surface area contributed by atoms with Crippen LogP contribution in [0.3, 0.4) is 0 Å². The number of anilines is 1. The van der Waals surface area contributed by atoms with Crippen molar-refractivity contribution in [3.63, 3.8) is 0 Å². The van der Waals surface area contributed by atoms with E-state index in [1.165, 1.54) is 17.4 Å². The lowest BCUT2D eigenvalue weighted by molar-refractivity contribution is 0.105. The molecule has 0 fully saturated rings. The maximum Gasteiger partial charge on any atom is 0.195 e. The lowest BCUT2D eigenvalue weighted by Crippen LogP contribution is -1.89. The fourth-order valence-electron chi connectivity index (χ4n) is 1.31. The first-order valence-electron chi connectivity index (χ1n) is 4.98. The first kappa shape index (κ1) is 11.9. The molecular weight excluding hydrogens is 254 g/mol. The first-order chi connectivity index (χ1) is 8.15. The minimum atomic E-state index is -0.0428. The van der Waals surface area contributed by atoms with Crippen LogP contribution in [0.2, 0.25) is 4.34 Å². The molecule has 2 rings (SSSR count). The minimum absolute atomic E-state index is 0.0428. The molecule has 1 aromatic carbocycles. The molecule has 2 N–H and O–H groups in total. The van der Waals surface area contributed by atoms with E-state index in [9.17, 15) is 4.79 Å². The van der Waals surface area contributed by atoms with Crippen LogP contribution in [0.1, 0.15) is 15.2 Å². The molecule has 4 heteroatoms. The first-order valence-corrected chi connectivity index (χ1v) is 6.18. The number of nitrogen functional groups attached to an aromatic ring is 1. The summed E-state index contributed by atoms with van der Waals surface area (Å²) in [7, 11) is 0. The molecule has 0 aliphatic heterocycles. The van der Waals surface area contributed by atoms with E-state index in [-0.39, 0.29) is 5.78 Å². The number of halogens is 1. The second-order valence-electron chi connectivity index (χ2n) is 3.47. The monoisotopic (exact) mass is 263 g/mol. The van der Waals surface area contributed by atoms with Crippen molar-refractivity contribution >= 4 is 40.5 Å². The van der Waals surface area contributed by atoms with Crippen LogP contribution >= 0.6 is 22.9 Å². The van der Waals surface area contributed by atoms with Crippen LogP contribution in [-0.2, 0) is 0 Å². The van der Waals surface area contributed by atoms with Gasteiger partial charge in [0.15, 0.2) is 5.78 Å². The van der Waals surface area contributed by atoms with Gasteiger partial charge in [-0.15, -0.1) is 11.3 Å². The summed E-state index contributed by atoms with van der Waals surface area (Å²) in [6.45, 7) is 0. The van der Waals surface area contributed by atoms with Gasteiger partial charge in [-0.25, -0.2) is 0 Å². The van der Waals surface area contributed by atoms with E-state index in [1.54, 1.807) is 30.3 Å². The highest BCUT2D eigenvalue weighted by atomic mass is 35.5. The molecule has 0 atom stereocenters. The zero-order valence-corrected chi connectivity index (χ0v) is 10.5. The van der Waals surface area contributed by atoms with Gasteiger partial charge in [0, 0.05) is 5.69 Å². The van der Waals surface area contributed by atoms with E-state index < -0.39 is 0 Å². The fourth-order valence-corrected chi connectivity index (χ4v) is 2.27. The van der Waals surface area contributed by atoms with Crippen LogP contribution < -0.4 is 5.73 Å². The van der Waals surface area contributed by atoms with Gasteiger partial charge in [0.25, 0.3) is 0 Å². The summed E-state index contributed by atoms with van der Waals surface area (Å²) in [5.41, 5.74) is 7.22. The number of benzene rings is 1. The Morgan fingerprint density at radius 2 is 1.88 bits per heavy atom. The van der Waals surface area contributed by atoms with Gasteiger partial charge in [-0.05, 0) is 35.9 Å². The maximum atomic E-state index is 11.7. The molecule has 17 heavy (non-hydrogen) atoms. The van der Waals surface area contributed by atoms with Crippen molar-refractivity contribution in [1.29, 1.82) is 0 Å². The summed E-state index contributed by atoms with van der Waals surface area (Å²) in [5.74, 6) is -0.0428. The Bertz CT molecular complexity index is 557. The number of hydrogen-bond donors (Lipinski definition) is 1. The lowest BCUT2D eigenvalue weighted by atomic mass is 10.2. The number of carbonyl (C=O) groups excluding carboxylic acids is 1. The van der Waals surface area contributed by atoms with Crippen molar-refractivity contribution in [2.24, 2.45) is 0 Å². The Balaban J connectivity index is 2.10. The molecule has 0 amide bonds. The van der Waals surface area contributed by atoms with Crippen LogP contribution in [0.15, 0.2) is 42.5 Å². The lowest BCUT2D eigenvalue weighted by Gasteiger charge is -1.94. The van der Waals surface area contributed by atoms with Crippen molar-refractivity contribution in [3.05, 3.63) is 57.3 Å². The van der Waals surface area contributed by atoms with Crippen LogP contribution in [0, 0.1) is 0 Å². The molecule has 2 aromatic rings. The standard InChI is InChI=1S/C13H10ClNOS/c14-13-8-7-12(17-13)11(16)6-3-9-1-4-10(15)5-2-9/h1-8H,15H2/b6-3+. The third kappa shape index (κ3) is 3.19. The molecule has 1 heterocycles. The summed E-state index contributed by atoms with van der Waals surface area (Å²) in [5, 5.41) is 0. The third-order valence-corrected chi connectivity index (χ3v) is 3.43. The van der Waals surface area contributed by atoms with Crippen LogP contribution in [0.5, 0.6) is 0 Å². The molecule has 0 aliphatic carbocycles. The number of allylic oxidation sites excluding steroid dienone is 1. The molecule has 1 aromatic heterocycles. The van der Waals surface area contributed by atoms with E-state index >= 15 is 0 Å². The second kappa shape index (κ2) is 5.17. The van der Waals surface area contributed by atoms with Gasteiger partial charge < -0.3 is 5.73 Å². The van der Waals surface area contributed by atoms with Gasteiger partial charge in [-0.1, -0.05) is 29.8 Å². The summed E-state index contributed by atoms with van der Waals surface area (Å²) in [6, 6.07) is 10.8. The van der Waals surface area contributed by atoms with Crippen molar-refractivity contribution in [2.45, 2.75) is 0 Å². The molecule has 0 unspecified atom stereocenters. The van der Waals surface area contributed by atoms with Gasteiger partial charge in [0.2, 0.25) is 0 Å². The van der Waals surface area contributed by atoms with Crippen molar-refractivity contribution in [3.8, 4) is 0 Å². The van der Waals surface area contributed by atoms with Gasteiger partial charge in [0.1, 0.15) is 0 Å². The summed E-state index contributed by atoms with van der Waals surface area (Å²) in [4.78, 5) is 12.4. The largest absolute Gasteiger partial charge is 0.399 e. The van der Waals surface area contributed by atoms with Gasteiger partial charge in [0.05, 0.1) is 9.21 Å². The third-order valence-electron chi connectivity index (χ3n) is 2.18. The summed E-state index contributed by atoms with van der Waals surface area (Å²) >= 11 is 7.05. The molecular formula is C13H10ClNOS. The van der Waals surface area contributed by atoms with Crippen molar-refractivity contribution in [2.75, 3.05) is 5.73 Å². The number of thiophene rings is 1. The topological polar surface area (TPSA) is 43.1 Å². The summed E-state index contributed by atoms with van der Waals surface area (Å²) < 4.78 is 0.620. The van der Waals surface area contributed by atoms with Crippen molar-refractivity contribution in [1.82, 2.24) is 0 Å². The predicted molar refractivity (Wildman–Crippen MR) is 73.5 cm³/mol. The smallest absolute Gasteiger partial charge is 0.195 e. The number of ketones is 1. The Morgan fingerprint density at radius 3 is 2.47 bits per heavy atom. The maximum absolute atomic E-state index is 11.7. The van der Waals surface area contributed by atoms with E-state index in [2.05, 4.69) is 0 Å². The van der Waals surface area contributed by atoms with E-state index in [0.29, 0.717) is 14.9 Å². The molecule has 0 saturated heterocycles. The molecule has 2 nitrogen and oxygen atoms in total. The average molecular weight is 264 g/mol. The molecule has 86 valence electrons. The fraction of sp³-hybridized carbons (Fsp3) is 0. The molecule has 0 bridgehead atoms. The van der Waals surface area contributed by atoms with Gasteiger partial charge >= 0.3 is 0 Å². The molecule has 0 aliphatic rings. The number of nitrogens with two attached hydrogens (primary N) is 1. The normalized spacial score (nSPS) is 10.9. The Labute approximate surface area is 108 Å². The number of hydrogen-bond acceptors (Lipinski definition) is 3. The highest BCUT2D eigenvalue weighted by Crippen LogP contribution is 2.22. The Kier molecular flexibility index (Phi) is 3.61. The SMILES string of the molecule is Nc1ccc(/C=C/C(=O)c2ccc(Cl)s2)cc1. The Morgan fingerprint density at radius 1 is 1.18 bits per heavy atom. The van der Waals surface area contributed by atoms with Gasteiger partial charge in [-0.2, -0.15) is 0 Å². The second-order valence-corrected chi connectivity index (χ2v) is 5.18. The van der Waals surface area contributed by atoms with Crippen molar-refractivity contribution < 1.29 is 4.79 Å². The quantitative estimate of drug-likeness (QED) is 0.519. The van der Waals surface area contributed by atoms with E-state index in [4.69, 9.17) is 17.3 Å². The zero-order valence-electron chi connectivity index (χ0n) is 8.89. The summed E-state index contributed by atoms with van der Waals surface area (Å²) in [6.07, 6.45) is 3.29. The molecule has 0 saturated carbocycles. The molecule has 0 radical (unpaired) electrons. The number of carbonyl (C=O) groups is 1. The molecule has 0 spiro atoms. The average Bonchev–Trinajstić information content (AvgIpc) is 2.75. The zero-order chi connectivity index (χ0) is 12.3. The highest BCUT2D eigenvalue weighted by Gasteiger charge is 2.04. The predicted octanol–water partition coefficient (Wildman–Crippen LogP) is 3.88.